The third kappa shape index (κ3) is 2.96. The van der Waals surface area contributed by atoms with Crippen LogP contribution >= 0.6 is 12.2 Å². The maximum absolute atomic E-state index is 5.77. The van der Waals surface area contributed by atoms with E-state index in [0.29, 0.717) is 0 Å². The van der Waals surface area contributed by atoms with Gasteiger partial charge in [0.1, 0.15) is 11.8 Å². The van der Waals surface area contributed by atoms with Crippen LogP contribution in [0.3, 0.4) is 0 Å². The molecule has 1 aliphatic heterocycles. The van der Waals surface area contributed by atoms with Gasteiger partial charge in [-0.2, -0.15) is 0 Å². The molecule has 1 unspecified atom stereocenters. The number of hydrogen-bond donors (Lipinski definition) is 1. The Bertz CT molecular complexity index is 898. The molecule has 128 valence electrons. The molecule has 0 saturated heterocycles. The number of aryl methyl sites for hydroxylation is 2. The molecular weight excluding hydrogens is 330 g/mol. The maximum atomic E-state index is 5.77. The number of thiocarbonyl (C=S) groups is 1. The fourth-order valence-electron chi connectivity index (χ4n) is 3.49. The van der Waals surface area contributed by atoms with Gasteiger partial charge in [-0.25, -0.2) is 0 Å². The van der Waals surface area contributed by atoms with Gasteiger partial charge >= 0.3 is 0 Å². The highest BCUT2D eigenvalue weighted by molar-refractivity contribution is 7.80. The van der Waals surface area contributed by atoms with Gasteiger partial charge in [0.25, 0.3) is 0 Å². The van der Waals surface area contributed by atoms with Crippen molar-refractivity contribution in [3.05, 3.63) is 77.5 Å². The summed E-state index contributed by atoms with van der Waals surface area (Å²) in [4.78, 5) is 2.21. The number of furan rings is 1. The van der Waals surface area contributed by atoms with Crippen LogP contribution in [0, 0.1) is 13.8 Å². The Hall–Kier alpha value is -2.53. The van der Waals surface area contributed by atoms with Gasteiger partial charge in [0.15, 0.2) is 5.11 Å². The molecule has 5 heteroatoms. The minimum atomic E-state index is -0.00972. The molecule has 1 aromatic carbocycles. The first kappa shape index (κ1) is 16.0. The third-order valence-corrected chi connectivity index (χ3v) is 5.07. The van der Waals surface area contributed by atoms with E-state index in [9.17, 15) is 0 Å². The second-order valence-corrected chi connectivity index (χ2v) is 6.87. The number of anilines is 1. The Morgan fingerprint density at radius 3 is 2.80 bits per heavy atom. The molecule has 0 amide bonds. The van der Waals surface area contributed by atoms with E-state index in [1.165, 1.54) is 16.8 Å². The highest BCUT2D eigenvalue weighted by Crippen LogP contribution is 2.33. The van der Waals surface area contributed by atoms with Crippen molar-refractivity contribution in [1.82, 2.24) is 9.47 Å². The Kier molecular flexibility index (Phi) is 4.09. The van der Waals surface area contributed by atoms with Gasteiger partial charge in [-0.3, -0.25) is 0 Å². The number of benzene rings is 1. The summed E-state index contributed by atoms with van der Waals surface area (Å²) in [7, 11) is 0. The smallest absolute Gasteiger partial charge is 0.174 e. The predicted octanol–water partition coefficient (Wildman–Crippen LogP) is 4.50. The summed E-state index contributed by atoms with van der Waals surface area (Å²) in [6.07, 6.45) is 3.83. The standard InChI is InChI=1S/C20H21N3OS/c1-14-7-8-16(15(2)13-14)21-20(25)23-11-10-22-9-3-5-17(22)19(23)18-6-4-12-24-18/h3-9,12-13,19H,10-11H2,1-2H3,(H,21,25). The predicted molar refractivity (Wildman–Crippen MR) is 104 cm³/mol. The summed E-state index contributed by atoms with van der Waals surface area (Å²) in [6.45, 7) is 5.95. The second kappa shape index (κ2) is 6.41. The van der Waals surface area contributed by atoms with Crippen LogP contribution in [0.15, 0.2) is 59.3 Å². The quantitative estimate of drug-likeness (QED) is 0.689. The van der Waals surface area contributed by atoms with Crippen LogP contribution in [0.25, 0.3) is 0 Å². The van der Waals surface area contributed by atoms with E-state index in [1.807, 2.05) is 12.1 Å². The molecule has 0 bridgehead atoms. The molecule has 0 fully saturated rings. The SMILES string of the molecule is Cc1ccc(NC(=S)N2CCn3cccc3C2c2ccco2)c(C)c1. The van der Waals surface area contributed by atoms with Gasteiger partial charge < -0.3 is 19.2 Å². The molecule has 4 nitrogen and oxygen atoms in total. The molecule has 0 spiro atoms. The summed E-state index contributed by atoms with van der Waals surface area (Å²) >= 11 is 5.77. The van der Waals surface area contributed by atoms with Crippen LogP contribution in [-0.2, 0) is 6.54 Å². The average molecular weight is 351 g/mol. The van der Waals surface area contributed by atoms with Crippen molar-refractivity contribution in [3.8, 4) is 0 Å². The first-order valence-electron chi connectivity index (χ1n) is 8.47. The molecule has 2 aromatic heterocycles. The van der Waals surface area contributed by atoms with E-state index in [2.05, 4.69) is 65.2 Å². The van der Waals surface area contributed by atoms with Gasteiger partial charge in [0.05, 0.1) is 6.26 Å². The van der Waals surface area contributed by atoms with Gasteiger partial charge in [0.2, 0.25) is 0 Å². The molecule has 1 N–H and O–H groups in total. The van der Waals surface area contributed by atoms with E-state index in [-0.39, 0.29) is 6.04 Å². The number of hydrogen-bond acceptors (Lipinski definition) is 2. The lowest BCUT2D eigenvalue weighted by atomic mass is 10.1. The van der Waals surface area contributed by atoms with Crippen molar-refractivity contribution in [2.24, 2.45) is 0 Å². The molecule has 1 atom stereocenters. The van der Waals surface area contributed by atoms with Crippen LogP contribution < -0.4 is 5.32 Å². The number of aromatic nitrogens is 1. The molecule has 0 saturated carbocycles. The topological polar surface area (TPSA) is 33.3 Å². The minimum absolute atomic E-state index is 0.00972. The monoisotopic (exact) mass is 351 g/mol. The Morgan fingerprint density at radius 2 is 2.04 bits per heavy atom. The minimum Gasteiger partial charge on any atom is -0.467 e. The largest absolute Gasteiger partial charge is 0.467 e. The molecule has 4 rings (SSSR count). The Balaban J connectivity index is 1.65. The molecule has 3 heterocycles. The van der Waals surface area contributed by atoms with Gasteiger partial charge in [-0.05, 0) is 62.0 Å². The number of nitrogens with one attached hydrogen (secondary N) is 1. The van der Waals surface area contributed by atoms with Crippen molar-refractivity contribution in [2.45, 2.75) is 26.4 Å². The summed E-state index contributed by atoms with van der Waals surface area (Å²) in [5, 5.41) is 4.15. The third-order valence-electron chi connectivity index (χ3n) is 4.74. The zero-order valence-electron chi connectivity index (χ0n) is 14.4. The van der Waals surface area contributed by atoms with Gasteiger partial charge in [-0.15, -0.1) is 0 Å². The van der Waals surface area contributed by atoms with Crippen LogP contribution in [-0.4, -0.2) is 21.1 Å². The molecule has 0 aliphatic carbocycles. The van der Waals surface area contributed by atoms with Crippen molar-refractivity contribution < 1.29 is 4.42 Å². The normalized spacial score (nSPS) is 16.6. The lowest BCUT2D eigenvalue weighted by molar-refractivity contribution is 0.261. The zero-order chi connectivity index (χ0) is 17.4. The van der Waals surface area contributed by atoms with Gasteiger partial charge in [-0.1, -0.05) is 17.7 Å². The fraction of sp³-hybridized carbons (Fsp3) is 0.250. The van der Waals surface area contributed by atoms with Gasteiger partial charge in [0, 0.05) is 30.7 Å². The highest BCUT2D eigenvalue weighted by atomic mass is 32.1. The van der Waals surface area contributed by atoms with Crippen molar-refractivity contribution in [3.63, 3.8) is 0 Å². The van der Waals surface area contributed by atoms with E-state index in [4.69, 9.17) is 16.6 Å². The van der Waals surface area contributed by atoms with Crippen LogP contribution in [0.4, 0.5) is 5.69 Å². The number of fused-ring (bicyclic) bond motifs is 1. The van der Waals surface area contributed by atoms with Crippen LogP contribution in [0.5, 0.6) is 0 Å². The molecule has 1 aliphatic rings. The fourth-order valence-corrected chi connectivity index (χ4v) is 3.80. The van der Waals surface area contributed by atoms with E-state index >= 15 is 0 Å². The zero-order valence-corrected chi connectivity index (χ0v) is 15.2. The average Bonchev–Trinajstić information content (AvgIpc) is 3.27. The molecule has 25 heavy (non-hydrogen) atoms. The lowest BCUT2D eigenvalue weighted by Gasteiger charge is -2.37. The highest BCUT2D eigenvalue weighted by Gasteiger charge is 2.32. The first-order chi connectivity index (χ1) is 12.1. The van der Waals surface area contributed by atoms with Crippen molar-refractivity contribution >= 4 is 23.0 Å². The summed E-state index contributed by atoms with van der Waals surface area (Å²) < 4.78 is 7.99. The number of nitrogens with zero attached hydrogens (tertiary/aromatic N) is 2. The van der Waals surface area contributed by atoms with E-state index < -0.39 is 0 Å². The molecular formula is C20H21N3OS. The number of rotatable bonds is 2. The first-order valence-corrected chi connectivity index (χ1v) is 8.87. The van der Waals surface area contributed by atoms with Crippen LogP contribution in [0.2, 0.25) is 0 Å². The summed E-state index contributed by atoms with van der Waals surface area (Å²) in [5.74, 6) is 0.907. The van der Waals surface area contributed by atoms with E-state index in [1.54, 1.807) is 6.26 Å². The van der Waals surface area contributed by atoms with E-state index in [0.717, 1.165) is 29.6 Å². The Labute approximate surface area is 153 Å². The lowest BCUT2D eigenvalue weighted by Crippen LogP contribution is -2.44. The summed E-state index contributed by atoms with van der Waals surface area (Å²) in [5.41, 5.74) is 4.69. The Morgan fingerprint density at radius 1 is 1.16 bits per heavy atom. The maximum Gasteiger partial charge on any atom is 0.174 e. The molecule has 0 radical (unpaired) electrons. The van der Waals surface area contributed by atoms with Crippen molar-refractivity contribution in [1.29, 1.82) is 0 Å². The summed E-state index contributed by atoms with van der Waals surface area (Å²) in [6, 6.07) is 14.5. The van der Waals surface area contributed by atoms with Crippen LogP contribution in [0.1, 0.15) is 28.6 Å². The molecule has 3 aromatic rings. The second-order valence-electron chi connectivity index (χ2n) is 6.49. The van der Waals surface area contributed by atoms with Crippen molar-refractivity contribution in [2.75, 3.05) is 11.9 Å².